The third-order valence-electron chi connectivity index (χ3n) is 2.88. The largest absolute Gasteiger partial charge is 0.471 e. The van der Waals surface area contributed by atoms with Gasteiger partial charge in [-0.25, -0.2) is 4.09 Å². The van der Waals surface area contributed by atoms with E-state index in [1.54, 1.807) is 18.3 Å². The number of rotatable bonds is 6. The zero-order valence-corrected chi connectivity index (χ0v) is 11.9. The van der Waals surface area contributed by atoms with E-state index in [1.165, 1.54) is 10.2 Å². The van der Waals surface area contributed by atoms with Crippen LogP contribution in [0, 0.1) is 10.1 Å². The molecule has 20 heavy (non-hydrogen) atoms. The van der Waals surface area contributed by atoms with Crippen molar-refractivity contribution in [3.05, 3.63) is 51.7 Å². The average Bonchev–Trinajstić information content (AvgIpc) is 2.83. The van der Waals surface area contributed by atoms with Crippen LogP contribution >= 0.6 is 12.8 Å². The number of hydrogen-bond acceptors (Lipinski definition) is 5. The summed E-state index contributed by atoms with van der Waals surface area (Å²) in [5.41, 5.74) is 1.63. The Morgan fingerprint density at radius 2 is 2.25 bits per heavy atom. The number of thiol groups is 1. The van der Waals surface area contributed by atoms with Gasteiger partial charge in [0.15, 0.2) is 0 Å². The van der Waals surface area contributed by atoms with Crippen molar-refractivity contribution in [2.24, 2.45) is 0 Å². The molecule has 0 aliphatic rings. The zero-order chi connectivity index (χ0) is 14.5. The maximum absolute atomic E-state index is 11.1. The van der Waals surface area contributed by atoms with E-state index in [-0.39, 0.29) is 17.2 Å². The number of aryl methyl sites for hydroxylation is 1. The highest BCUT2D eigenvalue weighted by Crippen LogP contribution is 2.25. The molecular formula is C13H15N3O3S. The van der Waals surface area contributed by atoms with Crippen molar-refractivity contribution in [3.63, 3.8) is 0 Å². The first kappa shape index (κ1) is 14.4. The van der Waals surface area contributed by atoms with Crippen LogP contribution in [0.15, 0.2) is 30.5 Å². The standard InChI is InChI=1S/C13H15N3O3S/c1-2-4-10-5-3-6-12(16(17)18)11(10)9-19-13-7-8-15(20)14-13/h3,5-8,20H,2,4,9H2,1H3. The molecule has 0 aliphatic carbocycles. The molecule has 0 N–H and O–H groups in total. The first-order valence-corrected chi connectivity index (χ1v) is 6.64. The van der Waals surface area contributed by atoms with E-state index in [0.717, 1.165) is 18.4 Å². The molecule has 1 heterocycles. The number of benzene rings is 1. The first-order valence-electron chi connectivity index (χ1n) is 6.24. The second-order valence-electron chi connectivity index (χ2n) is 4.28. The van der Waals surface area contributed by atoms with Gasteiger partial charge < -0.3 is 4.74 Å². The van der Waals surface area contributed by atoms with Crippen LogP contribution in [0.5, 0.6) is 5.88 Å². The predicted octanol–water partition coefficient (Wildman–Crippen LogP) is 3.02. The molecule has 0 unspecified atom stereocenters. The molecular weight excluding hydrogens is 278 g/mol. The predicted molar refractivity (Wildman–Crippen MR) is 78.0 cm³/mol. The van der Waals surface area contributed by atoms with E-state index in [0.29, 0.717) is 11.4 Å². The van der Waals surface area contributed by atoms with Crippen LogP contribution in [0.3, 0.4) is 0 Å². The van der Waals surface area contributed by atoms with Crippen LogP contribution in [-0.2, 0) is 13.0 Å². The summed E-state index contributed by atoms with van der Waals surface area (Å²) in [6.07, 6.45) is 3.33. The average molecular weight is 293 g/mol. The summed E-state index contributed by atoms with van der Waals surface area (Å²) in [5.74, 6) is 0.389. The zero-order valence-electron chi connectivity index (χ0n) is 11.0. The summed E-state index contributed by atoms with van der Waals surface area (Å²) >= 11 is 4.01. The van der Waals surface area contributed by atoms with Gasteiger partial charge in [-0.3, -0.25) is 10.1 Å². The quantitative estimate of drug-likeness (QED) is 0.505. The molecule has 0 amide bonds. The van der Waals surface area contributed by atoms with Crippen LogP contribution < -0.4 is 4.74 Å². The molecule has 0 saturated heterocycles. The smallest absolute Gasteiger partial charge is 0.276 e. The maximum Gasteiger partial charge on any atom is 0.276 e. The van der Waals surface area contributed by atoms with Gasteiger partial charge in [-0.05, 0) is 24.8 Å². The molecule has 0 saturated carbocycles. The van der Waals surface area contributed by atoms with Gasteiger partial charge in [-0.15, -0.1) is 5.10 Å². The van der Waals surface area contributed by atoms with Gasteiger partial charge in [-0.2, -0.15) is 0 Å². The number of aromatic nitrogens is 2. The normalized spacial score (nSPS) is 10.5. The lowest BCUT2D eigenvalue weighted by Crippen LogP contribution is -2.05. The Bertz CT molecular complexity index is 613. The van der Waals surface area contributed by atoms with Crippen molar-refractivity contribution >= 4 is 18.5 Å². The summed E-state index contributed by atoms with van der Waals surface area (Å²) in [5, 5.41) is 15.1. The van der Waals surface area contributed by atoms with E-state index in [9.17, 15) is 10.1 Å². The molecule has 0 fully saturated rings. The minimum absolute atomic E-state index is 0.0845. The third kappa shape index (κ3) is 3.30. The molecule has 0 aliphatic heterocycles. The summed E-state index contributed by atoms with van der Waals surface area (Å²) in [6, 6.07) is 6.75. The van der Waals surface area contributed by atoms with Gasteiger partial charge in [-0.1, -0.05) is 25.5 Å². The van der Waals surface area contributed by atoms with Crippen LogP contribution in [0.4, 0.5) is 5.69 Å². The number of ether oxygens (including phenoxy) is 1. The SMILES string of the molecule is CCCc1cccc([N+](=O)[O-])c1COc1ccn(S)n1. The first-order chi connectivity index (χ1) is 9.61. The lowest BCUT2D eigenvalue weighted by Gasteiger charge is -2.09. The van der Waals surface area contributed by atoms with Crippen molar-refractivity contribution < 1.29 is 9.66 Å². The molecule has 2 aromatic rings. The van der Waals surface area contributed by atoms with E-state index in [4.69, 9.17) is 4.74 Å². The third-order valence-corrected chi connectivity index (χ3v) is 3.10. The van der Waals surface area contributed by atoms with Crippen molar-refractivity contribution in [1.29, 1.82) is 0 Å². The van der Waals surface area contributed by atoms with Gasteiger partial charge in [0.25, 0.3) is 5.69 Å². The van der Waals surface area contributed by atoms with E-state index >= 15 is 0 Å². The monoisotopic (exact) mass is 293 g/mol. The minimum atomic E-state index is -0.380. The van der Waals surface area contributed by atoms with Crippen molar-refractivity contribution in [3.8, 4) is 5.88 Å². The second-order valence-corrected chi connectivity index (χ2v) is 4.69. The van der Waals surface area contributed by atoms with Gasteiger partial charge in [0.05, 0.1) is 10.5 Å². The molecule has 1 aromatic carbocycles. The van der Waals surface area contributed by atoms with Gasteiger partial charge >= 0.3 is 0 Å². The summed E-state index contributed by atoms with van der Waals surface area (Å²) < 4.78 is 6.83. The Kier molecular flexibility index (Phi) is 4.62. The molecule has 0 bridgehead atoms. The Morgan fingerprint density at radius 3 is 2.85 bits per heavy atom. The highest BCUT2D eigenvalue weighted by atomic mass is 32.1. The molecule has 6 nitrogen and oxygen atoms in total. The molecule has 106 valence electrons. The Hall–Kier alpha value is -2.02. The fraction of sp³-hybridized carbons (Fsp3) is 0.308. The number of nitro benzene ring substituents is 1. The van der Waals surface area contributed by atoms with Crippen LogP contribution in [-0.4, -0.2) is 14.1 Å². The van der Waals surface area contributed by atoms with Gasteiger partial charge in [0, 0.05) is 18.3 Å². The van der Waals surface area contributed by atoms with E-state index < -0.39 is 0 Å². The maximum atomic E-state index is 11.1. The molecule has 0 atom stereocenters. The Balaban J connectivity index is 2.25. The lowest BCUT2D eigenvalue weighted by molar-refractivity contribution is -0.385. The van der Waals surface area contributed by atoms with E-state index in [2.05, 4.69) is 17.9 Å². The summed E-state index contributed by atoms with van der Waals surface area (Å²) in [4.78, 5) is 10.7. The molecule has 7 heteroatoms. The Morgan fingerprint density at radius 1 is 1.45 bits per heavy atom. The number of nitro groups is 1. The highest BCUT2D eigenvalue weighted by molar-refractivity contribution is 7.78. The molecule has 2 rings (SSSR count). The van der Waals surface area contributed by atoms with Gasteiger partial charge in [0.1, 0.15) is 6.61 Å². The molecule has 0 spiro atoms. The molecule has 0 radical (unpaired) electrons. The molecule has 1 aromatic heterocycles. The summed E-state index contributed by atoms with van der Waals surface area (Å²) in [6.45, 7) is 2.16. The van der Waals surface area contributed by atoms with Crippen molar-refractivity contribution in [2.75, 3.05) is 0 Å². The van der Waals surface area contributed by atoms with Gasteiger partial charge in [0.2, 0.25) is 5.88 Å². The second kappa shape index (κ2) is 6.42. The summed E-state index contributed by atoms with van der Waals surface area (Å²) in [7, 11) is 0. The van der Waals surface area contributed by atoms with Crippen molar-refractivity contribution in [1.82, 2.24) is 9.19 Å². The fourth-order valence-corrected chi connectivity index (χ4v) is 2.14. The van der Waals surface area contributed by atoms with Crippen LogP contribution in [0.25, 0.3) is 0 Å². The van der Waals surface area contributed by atoms with E-state index in [1.807, 2.05) is 13.0 Å². The van der Waals surface area contributed by atoms with Crippen molar-refractivity contribution in [2.45, 2.75) is 26.4 Å². The minimum Gasteiger partial charge on any atom is -0.471 e. The van der Waals surface area contributed by atoms with Crippen LogP contribution in [0.1, 0.15) is 24.5 Å². The lowest BCUT2D eigenvalue weighted by atomic mass is 10.0. The highest BCUT2D eigenvalue weighted by Gasteiger charge is 2.17. The topological polar surface area (TPSA) is 70.2 Å². The Labute approximate surface area is 122 Å². The fourth-order valence-electron chi connectivity index (χ4n) is 1.98. The van der Waals surface area contributed by atoms with Crippen LogP contribution in [0.2, 0.25) is 0 Å². The number of hydrogen-bond donors (Lipinski definition) is 1. The number of nitrogens with zero attached hydrogens (tertiary/aromatic N) is 3.